The van der Waals surface area contributed by atoms with E-state index in [2.05, 4.69) is 24.3 Å². The lowest BCUT2D eigenvalue weighted by atomic mass is 10.1. The van der Waals surface area contributed by atoms with Crippen molar-refractivity contribution in [3.8, 4) is 0 Å². The fourth-order valence-corrected chi connectivity index (χ4v) is 1.23. The lowest BCUT2D eigenvalue weighted by Gasteiger charge is -1.97. The molecule has 0 spiro atoms. The molecule has 2 aliphatic carbocycles. The minimum absolute atomic E-state index is 1.20. The van der Waals surface area contributed by atoms with Crippen molar-refractivity contribution in [2.75, 3.05) is 0 Å². The van der Waals surface area contributed by atoms with E-state index >= 15 is 0 Å². The summed E-state index contributed by atoms with van der Waals surface area (Å²) in [7, 11) is 0. The Balaban J connectivity index is 2.49. The van der Waals surface area contributed by atoms with Crippen molar-refractivity contribution in [2.24, 2.45) is 0 Å². The third kappa shape index (κ3) is 0.460. The fourth-order valence-electron chi connectivity index (χ4n) is 1.23. The average Bonchev–Trinajstić information content (AvgIpc) is 2.12. The topological polar surface area (TPSA) is 0 Å². The van der Waals surface area contributed by atoms with Gasteiger partial charge in [0, 0.05) is 0 Å². The first kappa shape index (κ1) is 4.13. The summed E-state index contributed by atoms with van der Waals surface area (Å²) in [6.07, 6.45) is 11.3. The predicted molar refractivity (Wildman–Crippen MR) is 34.5 cm³/mol. The van der Waals surface area contributed by atoms with E-state index in [4.69, 9.17) is 0 Å². The maximum absolute atomic E-state index is 2.30. The molecule has 0 nitrogen and oxygen atoms in total. The second kappa shape index (κ2) is 1.35. The normalized spacial score (nSPS) is 23.0. The van der Waals surface area contributed by atoms with Gasteiger partial charge < -0.3 is 0 Å². The minimum Gasteiger partial charge on any atom is -0.0769 e. The van der Waals surface area contributed by atoms with Crippen molar-refractivity contribution >= 4 is 0 Å². The van der Waals surface area contributed by atoms with Gasteiger partial charge in [0.25, 0.3) is 0 Å². The Bertz CT molecular complexity index is 189. The fraction of sp³-hybridized carbons (Fsp3) is 0.250. The summed E-state index contributed by atoms with van der Waals surface area (Å²) in [5.74, 6) is 0. The monoisotopic (exact) mass is 104 g/mol. The Hall–Kier alpha value is -0.780. The number of hydrogen-bond acceptors (Lipinski definition) is 0. The molecule has 0 saturated carbocycles. The van der Waals surface area contributed by atoms with E-state index in [9.17, 15) is 0 Å². The predicted octanol–water partition coefficient (Wildman–Crippen LogP) is 2.20. The molecule has 2 aliphatic rings. The third-order valence-corrected chi connectivity index (χ3v) is 1.70. The molecule has 2 rings (SSSR count). The summed E-state index contributed by atoms with van der Waals surface area (Å²) in [5, 5.41) is 0. The molecule has 0 fully saturated rings. The highest BCUT2D eigenvalue weighted by atomic mass is 14.1. The molecule has 0 aromatic rings. The molecule has 0 radical (unpaired) electrons. The van der Waals surface area contributed by atoms with Gasteiger partial charge in [0.05, 0.1) is 0 Å². The second-order valence-electron chi connectivity index (χ2n) is 2.34. The van der Waals surface area contributed by atoms with Crippen LogP contribution in [0.1, 0.15) is 12.8 Å². The van der Waals surface area contributed by atoms with Crippen LogP contribution in [0.3, 0.4) is 0 Å². The first-order valence-electron chi connectivity index (χ1n) is 3.00. The van der Waals surface area contributed by atoms with E-state index in [1.807, 2.05) is 0 Å². The van der Waals surface area contributed by atoms with Gasteiger partial charge >= 0.3 is 0 Å². The van der Waals surface area contributed by atoms with Crippen LogP contribution in [0.15, 0.2) is 35.5 Å². The summed E-state index contributed by atoms with van der Waals surface area (Å²) in [5.41, 5.74) is 3.07. The summed E-state index contributed by atoms with van der Waals surface area (Å²) in [6, 6.07) is 0. The van der Waals surface area contributed by atoms with Gasteiger partial charge in [-0.3, -0.25) is 0 Å². The maximum Gasteiger partial charge on any atom is -0.00639 e. The Morgan fingerprint density at radius 3 is 3.12 bits per heavy atom. The number of rotatable bonds is 0. The molecule has 40 valence electrons. The molecule has 2 bridgehead atoms. The van der Waals surface area contributed by atoms with E-state index in [0.29, 0.717) is 0 Å². The van der Waals surface area contributed by atoms with Crippen LogP contribution in [0.25, 0.3) is 0 Å². The third-order valence-electron chi connectivity index (χ3n) is 1.70. The highest BCUT2D eigenvalue weighted by Gasteiger charge is 2.08. The molecule has 0 amide bonds. The van der Waals surface area contributed by atoms with Gasteiger partial charge in [-0.15, -0.1) is 0 Å². The van der Waals surface area contributed by atoms with Crippen LogP contribution in [0, 0.1) is 0 Å². The van der Waals surface area contributed by atoms with E-state index in [0.717, 1.165) is 0 Å². The summed E-state index contributed by atoms with van der Waals surface area (Å²) in [4.78, 5) is 0. The van der Waals surface area contributed by atoms with E-state index in [1.165, 1.54) is 18.4 Å². The minimum atomic E-state index is 1.20. The van der Waals surface area contributed by atoms with Crippen molar-refractivity contribution in [3.63, 3.8) is 0 Å². The van der Waals surface area contributed by atoms with Crippen LogP contribution < -0.4 is 0 Å². The highest BCUT2D eigenvalue weighted by molar-refractivity contribution is 5.40. The number of fused-ring (bicyclic) bond motifs is 2. The van der Waals surface area contributed by atoms with Crippen LogP contribution in [0.5, 0.6) is 0 Å². The van der Waals surface area contributed by atoms with Gasteiger partial charge in [-0.25, -0.2) is 0 Å². The summed E-state index contributed by atoms with van der Waals surface area (Å²) in [6.45, 7) is 0. The van der Waals surface area contributed by atoms with Crippen molar-refractivity contribution in [2.45, 2.75) is 12.8 Å². The van der Waals surface area contributed by atoms with Gasteiger partial charge in [0.1, 0.15) is 0 Å². The molecule has 0 heteroatoms. The molecular formula is C8H8. The Labute approximate surface area is 49.2 Å². The summed E-state index contributed by atoms with van der Waals surface area (Å²) < 4.78 is 0. The van der Waals surface area contributed by atoms with Crippen LogP contribution in [0.4, 0.5) is 0 Å². The van der Waals surface area contributed by atoms with Crippen LogP contribution in [0.2, 0.25) is 0 Å². The lowest BCUT2D eigenvalue weighted by molar-refractivity contribution is 1.16. The van der Waals surface area contributed by atoms with Gasteiger partial charge in [-0.05, 0) is 18.4 Å². The standard InChI is InChI=1S/C8H8/c1-2-7-4-5-8(3-1)6-7/h1-4H,5-6H2. The Morgan fingerprint density at radius 1 is 1.38 bits per heavy atom. The van der Waals surface area contributed by atoms with Crippen LogP contribution in [-0.2, 0) is 0 Å². The van der Waals surface area contributed by atoms with Gasteiger partial charge in [0.2, 0.25) is 0 Å². The van der Waals surface area contributed by atoms with Crippen molar-refractivity contribution in [3.05, 3.63) is 35.5 Å². The van der Waals surface area contributed by atoms with Crippen molar-refractivity contribution < 1.29 is 0 Å². The smallest absolute Gasteiger partial charge is 0.00639 e. The van der Waals surface area contributed by atoms with E-state index in [1.54, 1.807) is 5.57 Å². The molecular weight excluding hydrogens is 96.1 g/mol. The van der Waals surface area contributed by atoms with Crippen LogP contribution in [-0.4, -0.2) is 0 Å². The molecule has 0 N–H and O–H groups in total. The van der Waals surface area contributed by atoms with Gasteiger partial charge in [-0.1, -0.05) is 29.9 Å². The van der Waals surface area contributed by atoms with E-state index in [-0.39, 0.29) is 0 Å². The first-order valence-corrected chi connectivity index (χ1v) is 3.00. The Morgan fingerprint density at radius 2 is 2.38 bits per heavy atom. The van der Waals surface area contributed by atoms with Gasteiger partial charge in [0.15, 0.2) is 0 Å². The van der Waals surface area contributed by atoms with Crippen LogP contribution >= 0.6 is 0 Å². The maximum atomic E-state index is 2.30. The zero-order chi connectivity index (χ0) is 5.40. The SMILES string of the molecule is C1=CC2=CCC(=C1)C2. The Kier molecular flexibility index (Phi) is 0.696. The second-order valence-corrected chi connectivity index (χ2v) is 2.34. The zero-order valence-corrected chi connectivity index (χ0v) is 4.72. The van der Waals surface area contributed by atoms with Crippen molar-refractivity contribution in [1.82, 2.24) is 0 Å². The largest absolute Gasteiger partial charge is 0.0769 e. The molecule has 0 heterocycles. The number of hydrogen-bond donors (Lipinski definition) is 0. The lowest BCUT2D eigenvalue weighted by Crippen LogP contribution is -1.78. The molecule has 0 aliphatic heterocycles. The molecule has 0 saturated heterocycles. The highest BCUT2D eigenvalue weighted by Crippen LogP contribution is 2.27. The molecule has 8 heavy (non-hydrogen) atoms. The van der Waals surface area contributed by atoms with E-state index < -0.39 is 0 Å². The summed E-state index contributed by atoms with van der Waals surface area (Å²) >= 11 is 0. The zero-order valence-electron chi connectivity index (χ0n) is 4.72. The molecule has 0 aromatic heterocycles. The average molecular weight is 104 g/mol. The molecule has 0 unspecified atom stereocenters. The quantitative estimate of drug-likeness (QED) is 0.442. The molecule has 0 aromatic carbocycles. The molecule has 0 atom stereocenters. The first-order chi connectivity index (χ1) is 3.95. The van der Waals surface area contributed by atoms with Gasteiger partial charge in [-0.2, -0.15) is 0 Å². The number of allylic oxidation sites excluding steroid dienone is 6. The van der Waals surface area contributed by atoms with Crippen molar-refractivity contribution in [1.29, 1.82) is 0 Å².